The molecule has 1 amide bonds. The number of hydrogen-bond acceptors (Lipinski definition) is 3. The van der Waals surface area contributed by atoms with Crippen molar-refractivity contribution in [1.29, 1.82) is 0 Å². The number of likely N-dealkylation sites (N-methyl/N-ethyl adjacent to an activating group) is 1. The third kappa shape index (κ3) is 3.40. The van der Waals surface area contributed by atoms with E-state index in [0.29, 0.717) is 37.9 Å². The predicted octanol–water partition coefficient (Wildman–Crippen LogP) is 0.762. The van der Waals surface area contributed by atoms with E-state index in [4.69, 9.17) is 0 Å². The minimum Gasteiger partial charge on any atom is -0.347 e. The summed E-state index contributed by atoms with van der Waals surface area (Å²) in [5, 5.41) is 0. The number of nitrogens with zero attached hydrogens (tertiary/aromatic N) is 3. The lowest BCUT2D eigenvalue weighted by molar-refractivity contribution is -0.132. The van der Waals surface area contributed by atoms with E-state index in [2.05, 4.69) is 13.8 Å². The topological polar surface area (TPSA) is 60.9 Å². The first kappa shape index (κ1) is 16.7. The van der Waals surface area contributed by atoms with E-state index in [1.54, 1.807) is 18.4 Å². The summed E-state index contributed by atoms with van der Waals surface area (Å²) in [6, 6.07) is -0.530. The minimum atomic E-state index is -3.54. The highest BCUT2D eigenvalue weighted by Crippen LogP contribution is 2.29. The highest BCUT2D eigenvalue weighted by molar-refractivity contribution is 7.86. The molecule has 0 aliphatic carbocycles. The first-order valence-electron chi connectivity index (χ1n) is 7.71. The van der Waals surface area contributed by atoms with Crippen molar-refractivity contribution in [2.24, 2.45) is 11.8 Å². The quantitative estimate of drug-likeness (QED) is 0.772. The van der Waals surface area contributed by atoms with Gasteiger partial charge in [0.2, 0.25) is 5.91 Å². The summed E-state index contributed by atoms with van der Waals surface area (Å²) >= 11 is 0. The van der Waals surface area contributed by atoms with Crippen molar-refractivity contribution in [3.63, 3.8) is 0 Å². The van der Waals surface area contributed by atoms with Gasteiger partial charge in [-0.05, 0) is 31.1 Å². The van der Waals surface area contributed by atoms with E-state index < -0.39 is 16.3 Å². The van der Waals surface area contributed by atoms with Crippen molar-refractivity contribution in [2.45, 2.75) is 39.2 Å². The molecule has 2 aliphatic heterocycles. The molecule has 7 heteroatoms. The van der Waals surface area contributed by atoms with Gasteiger partial charge in [-0.2, -0.15) is 17.0 Å². The average Bonchev–Trinajstić information content (AvgIpc) is 2.86. The summed E-state index contributed by atoms with van der Waals surface area (Å²) < 4.78 is 28.8. The van der Waals surface area contributed by atoms with Gasteiger partial charge in [0.15, 0.2) is 0 Å². The van der Waals surface area contributed by atoms with E-state index in [1.807, 2.05) is 0 Å². The maximum atomic E-state index is 12.9. The molecule has 0 aromatic rings. The Hall–Kier alpha value is -0.660. The summed E-state index contributed by atoms with van der Waals surface area (Å²) in [4.78, 5) is 13.7. The van der Waals surface area contributed by atoms with E-state index in [-0.39, 0.29) is 5.91 Å². The molecule has 2 heterocycles. The molecule has 0 aromatic carbocycles. The molecular weight excluding hydrogens is 290 g/mol. The second-order valence-electron chi connectivity index (χ2n) is 6.77. The van der Waals surface area contributed by atoms with Crippen LogP contribution in [0.2, 0.25) is 0 Å². The molecule has 3 unspecified atom stereocenters. The molecule has 0 spiro atoms. The van der Waals surface area contributed by atoms with Gasteiger partial charge in [0.05, 0.1) is 0 Å². The Morgan fingerprint density at radius 1 is 1.14 bits per heavy atom. The number of carbonyl (C=O) groups excluding carboxylic acids is 1. The Kier molecular flexibility index (Phi) is 4.95. The van der Waals surface area contributed by atoms with Crippen molar-refractivity contribution >= 4 is 16.1 Å². The van der Waals surface area contributed by atoms with Crippen molar-refractivity contribution in [3.8, 4) is 0 Å². The minimum absolute atomic E-state index is 0.116. The van der Waals surface area contributed by atoms with Crippen LogP contribution in [0.1, 0.15) is 33.1 Å². The maximum Gasteiger partial charge on any atom is 0.282 e. The van der Waals surface area contributed by atoms with Crippen molar-refractivity contribution < 1.29 is 13.2 Å². The Labute approximate surface area is 128 Å². The first-order chi connectivity index (χ1) is 9.73. The van der Waals surface area contributed by atoms with Crippen LogP contribution in [0.3, 0.4) is 0 Å². The Morgan fingerprint density at radius 3 is 2.24 bits per heavy atom. The molecular formula is C14H27N3O3S. The standard InChI is InChI=1S/C14H27N3O3S/c1-11-8-12(2)10-16(9-11)21(19,20)17-7-5-6-13(17)14(18)15(3)4/h11-13H,5-10H2,1-4H3. The highest BCUT2D eigenvalue weighted by Gasteiger charge is 2.43. The van der Waals surface area contributed by atoms with Crippen LogP contribution < -0.4 is 0 Å². The fourth-order valence-corrected chi connectivity index (χ4v) is 5.56. The van der Waals surface area contributed by atoms with Gasteiger partial charge < -0.3 is 4.90 Å². The predicted molar refractivity (Wildman–Crippen MR) is 81.9 cm³/mol. The molecule has 0 aromatic heterocycles. The summed E-state index contributed by atoms with van der Waals surface area (Å²) in [7, 11) is -0.182. The molecule has 122 valence electrons. The monoisotopic (exact) mass is 317 g/mol. The largest absolute Gasteiger partial charge is 0.347 e. The smallest absolute Gasteiger partial charge is 0.282 e. The molecule has 2 saturated heterocycles. The van der Waals surface area contributed by atoms with E-state index in [9.17, 15) is 13.2 Å². The Bertz CT molecular complexity index is 482. The van der Waals surface area contributed by atoms with Crippen LogP contribution in [-0.2, 0) is 15.0 Å². The molecule has 2 fully saturated rings. The number of piperidine rings is 1. The van der Waals surface area contributed by atoms with Gasteiger partial charge in [0.25, 0.3) is 10.2 Å². The van der Waals surface area contributed by atoms with Crippen molar-refractivity contribution in [3.05, 3.63) is 0 Å². The van der Waals surface area contributed by atoms with E-state index >= 15 is 0 Å². The molecule has 0 bridgehead atoms. The maximum absolute atomic E-state index is 12.9. The molecule has 2 rings (SSSR count). The number of rotatable bonds is 3. The van der Waals surface area contributed by atoms with Crippen LogP contribution in [0.5, 0.6) is 0 Å². The lowest BCUT2D eigenvalue weighted by atomic mass is 9.94. The Morgan fingerprint density at radius 2 is 1.71 bits per heavy atom. The lowest BCUT2D eigenvalue weighted by Gasteiger charge is -2.37. The normalized spacial score (nSPS) is 32.3. The van der Waals surface area contributed by atoms with Crippen molar-refractivity contribution in [1.82, 2.24) is 13.5 Å². The zero-order valence-electron chi connectivity index (χ0n) is 13.4. The molecule has 0 N–H and O–H groups in total. The zero-order valence-corrected chi connectivity index (χ0v) is 14.3. The van der Waals surface area contributed by atoms with Gasteiger partial charge in [-0.25, -0.2) is 0 Å². The van der Waals surface area contributed by atoms with Gasteiger partial charge in [0.1, 0.15) is 6.04 Å². The molecule has 0 radical (unpaired) electrons. The summed E-state index contributed by atoms with van der Waals surface area (Å²) in [6.45, 7) is 5.75. The molecule has 0 saturated carbocycles. The third-order valence-corrected chi connectivity index (χ3v) is 6.37. The summed E-state index contributed by atoms with van der Waals surface area (Å²) in [5.74, 6) is 0.623. The summed E-state index contributed by atoms with van der Waals surface area (Å²) in [5.41, 5.74) is 0. The van der Waals surface area contributed by atoms with Gasteiger partial charge in [0, 0.05) is 33.7 Å². The number of hydrogen-bond donors (Lipinski definition) is 0. The molecule has 2 aliphatic rings. The van der Waals surface area contributed by atoms with Crippen LogP contribution in [0.15, 0.2) is 0 Å². The molecule has 21 heavy (non-hydrogen) atoms. The zero-order chi connectivity index (χ0) is 15.8. The lowest BCUT2D eigenvalue weighted by Crippen LogP contribution is -2.53. The second-order valence-corrected chi connectivity index (χ2v) is 8.65. The summed E-state index contributed by atoms with van der Waals surface area (Å²) in [6.07, 6.45) is 2.43. The average molecular weight is 317 g/mol. The van der Waals surface area contributed by atoms with Gasteiger partial charge in [-0.15, -0.1) is 0 Å². The van der Waals surface area contributed by atoms with Gasteiger partial charge in [-0.3, -0.25) is 4.79 Å². The number of amides is 1. The van der Waals surface area contributed by atoms with E-state index in [1.165, 1.54) is 9.21 Å². The SMILES string of the molecule is CC1CC(C)CN(S(=O)(=O)N2CCCC2C(=O)N(C)C)C1. The third-order valence-electron chi connectivity index (χ3n) is 4.39. The van der Waals surface area contributed by atoms with Crippen LogP contribution in [0, 0.1) is 11.8 Å². The van der Waals surface area contributed by atoms with Crippen LogP contribution in [0.4, 0.5) is 0 Å². The fraction of sp³-hybridized carbons (Fsp3) is 0.929. The fourth-order valence-electron chi connectivity index (χ4n) is 3.50. The van der Waals surface area contributed by atoms with Crippen LogP contribution >= 0.6 is 0 Å². The van der Waals surface area contributed by atoms with Gasteiger partial charge >= 0.3 is 0 Å². The Balaban J connectivity index is 2.20. The van der Waals surface area contributed by atoms with E-state index in [0.717, 1.165) is 12.8 Å². The van der Waals surface area contributed by atoms with Crippen LogP contribution in [0.25, 0.3) is 0 Å². The molecule has 3 atom stereocenters. The van der Waals surface area contributed by atoms with Gasteiger partial charge in [-0.1, -0.05) is 13.8 Å². The number of carbonyl (C=O) groups is 1. The van der Waals surface area contributed by atoms with Crippen molar-refractivity contribution in [2.75, 3.05) is 33.7 Å². The first-order valence-corrected chi connectivity index (χ1v) is 9.11. The second kappa shape index (κ2) is 6.22. The molecule has 6 nitrogen and oxygen atoms in total. The van der Waals surface area contributed by atoms with Crippen LogP contribution in [-0.4, -0.2) is 67.6 Å². The highest BCUT2D eigenvalue weighted by atomic mass is 32.2.